The van der Waals surface area contributed by atoms with E-state index in [-0.39, 0.29) is 5.21 Å². The van der Waals surface area contributed by atoms with Gasteiger partial charge in [0, 0.05) is 13.1 Å². The number of hydrogen-bond donors (Lipinski definition) is 0. The summed E-state index contributed by atoms with van der Waals surface area (Å²) in [5.74, 6) is 0. The fourth-order valence-electron chi connectivity index (χ4n) is 1.98. The van der Waals surface area contributed by atoms with E-state index in [9.17, 15) is 8.42 Å². The Labute approximate surface area is 96.6 Å². The Bertz CT molecular complexity index is 321. The first-order valence-electron chi connectivity index (χ1n) is 4.82. The Morgan fingerprint density at radius 1 is 1.20 bits per heavy atom. The first-order valence-corrected chi connectivity index (χ1v) is 6.96. The van der Waals surface area contributed by atoms with Gasteiger partial charge in [0.05, 0.1) is 11.2 Å². The highest BCUT2D eigenvalue weighted by atomic mass is 35.5. The SMILES string of the molecule is CC1(C)CN(S(=O)(=O)CCl)CC(C)(C)O1. The van der Waals surface area contributed by atoms with Crippen LogP contribution in [0.4, 0.5) is 0 Å². The summed E-state index contributed by atoms with van der Waals surface area (Å²) in [5, 5.41) is -0.376. The van der Waals surface area contributed by atoms with Crippen LogP contribution in [0.15, 0.2) is 0 Å². The molecule has 0 aromatic rings. The van der Waals surface area contributed by atoms with Crippen molar-refractivity contribution in [1.82, 2.24) is 4.31 Å². The van der Waals surface area contributed by atoms with Crippen molar-refractivity contribution in [2.75, 3.05) is 18.3 Å². The number of halogens is 1. The average Bonchev–Trinajstić information content (AvgIpc) is 1.98. The lowest BCUT2D eigenvalue weighted by Gasteiger charge is -2.46. The maximum absolute atomic E-state index is 11.7. The Kier molecular flexibility index (Phi) is 3.42. The zero-order valence-corrected chi connectivity index (χ0v) is 11.2. The maximum atomic E-state index is 11.7. The molecule has 0 unspecified atom stereocenters. The minimum atomic E-state index is -3.34. The smallest absolute Gasteiger partial charge is 0.228 e. The van der Waals surface area contributed by atoms with Crippen molar-refractivity contribution in [2.45, 2.75) is 38.9 Å². The van der Waals surface area contributed by atoms with Crippen LogP contribution in [0.25, 0.3) is 0 Å². The summed E-state index contributed by atoms with van der Waals surface area (Å²) >= 11 is 5.44. The lowest BCUT2D eigenvalue weighted by Crippen LogP contribution is -2.58. The van der Waals surface area contributed by atoms with Crippen molar-refractivity contribution >= 4 is 21.6 Å². The molecule has 0 aromatic heterocycles. The van der Waals surface area contributed by atoms with Gasteiger partial charge in [-0.05, 0) is 27.7 Å². The third-order valence-electron chi connectivity index (χ3n) is 2.20. The van der Waals surface area contributed by atoms with Crippen molar-refractivity contribution in [2.24, 2.45) is 0 Å². The molecule has 0 saturated carbocycles. The van der Waals surface area contributed by atoms with Gasteiger partial charge in [0.15, 0.2) is 0 Å². The van der Waals surface area contributed by atoms with Gasteiger partial charge in [-0.25, -0.2) is 8.42 Å². The summed E-state index contributed by atoms with van der Waals surface area (Å²) in [4.78, 5) is 0. The van der Waals surface area contributed by atoms with Crippen molar-refractivity contribution in [1.29, 1.82) is 0 Å². The van der Waals surface area contributed by atoms with Gasteiger partial charge in [0.2, 0.25) is 10.0 Å². The Morgan fingerprint density at radius 3 is 1.93 bits per heavy atom. The molecule has 1 saturated heterocycles. The Hall–Kier alpha value is 0.160. The molecular formula is C9H18ClNO3S. The molecule has 0 aliphatic carbocycles. The van der Waals surface area contributed by atoms with E-state index in [0.29, 0.717) is 13.1 Å². The molecule has 0 N–H and O–H groups in total. The highest BCUT2D eigenvalue weighted by molar-refractivity contribution is 7.90. The highest BCUT2D eigenvalue weighted by Crippen LogP contribution is 2.29. The van der Waals surface area contributed by atoms with Crippen molar-refractivity contribution in [3.8, 4) is 0 Å². The first kappa shape index (κ1) is 13.2. The van der Waals surface area contributed by atoms with Gasteiger partial charge in [-0.15, -0.1) is 11.6 Å². The summed E-state index contributed by atoms with van der Waals surface area (Å²) in [6.45, 7) is 8.22. The van der Waals surface area contributed by atoms with Gasteiger partial charge in [0.1, 0.15) is 5.21 Å². The van der Waals surface area contributed by atoms with Crippen molar-refractivity contribution < 1.29 is 13.2 Å². The lowest BCUT2D eigenvalue weighted by molar-refractivity contribution is -0.163. The minimum absolute atomic E-state index is 0.353. The second-order valence-electron chi connectivity index (χ2n) is 5.11. The Morgan fingerprint density at radius 2 is 1.60 bits per heavy atom. The standard InChI is InChI=1S/C9H18ClNO3S/c1-8(2)5-11(15(12,13)7-10)6-9(3,4)14-8/h5-7H2,1-4H3. The predicted molar refractivity (Wildman–Crippen MR) is 60.5 cm³/mol. The second kappa shape index (κ2) is 3.87. The van der Waals surface area contributed by atoms with Crippen LogP contribution >= 0.6 is 11.6 Å². The van der Waals surface area contributed by atoms with E-state index in [1.54, 1.807) is 0 Å². The molecule has 1 heterocycles. The first-order chi connectivity index (χ1) is 6.58. The highest BCUT2D eigenvalue weighted by Gasteiger charge is 2.42. The van der Waals surface area contributed by atoms with Crippen LogP contribution in [0.2, 0.25) is 0 Å². The molecule has 0 atom stereocenters. The number of morpholine rings is 1. The molecule has 0 spiro atoms. The van der Waals surface area contributed by atoms with Crippen LogP contribution in [-0.2, 0) is 14.8 Å². The van der Waals surface area contributed by atoms with Gasteiger partial charge in [-0.1, -0.05) is 0 Å². The largest absolute Gasteiger partial charge is 0.367 e. The van der Waals surface area contributed by atoms with Crippen LogP contribution < -0.4 is 0 Å². The quantitative estimate of drug-likeness (QED) is 0.701. The summed E-state index contributed by atoms with van der Waals surface area (Å²) in [7, 11) is -3.34. The molecule has 4 nitrogen and oxygen atoms in total. The lowest BCUT2D eigenvalue weighted by atomic mass is 10.0. The normalized spacial score (nSPS) is 26.5. The van der Waals surface area contributed by atoms with Crippen LogP contribution in [0.1, 0.15) is 27.7 Å². The molecule has 0 bridgehead atoms. The molecule has 90 valence electrons. The van der Waals surface area contributed by atoms with Gasteiger partial charge >= 0.3 is 0 Å². The molecule has 1 rings (SSSR count). The zero-order chi connectivity index (χ0) is 11.9. The van der Waals surface area contributed by atoms with E-state index >= 15 is 0 Å². The number of rotatable bonds is 2. The molecular weight excluding hydrogens is 238 g/mol. The van der Waals surface area contributed by atoms with Gasteiger partial charge < -0.3 is 4.74 Å². The Balaban J connectivity index is 2.95. The number of hydrogen-bond acceptors (Lipinski definition) is 3. The van der Waals surface area contributed by atoms with E-state index in [0.717, 1.165) is 0 Å². The molecule has 6 heteroatoms. The third-order valence-corrected chi connectivity index (χ3v) is 4.35. The summed E-state index contributed by atoms with van der Waals surface area (Å²) in [5.41, 5.74) is -0.943. The summed E-state index contributed by atoms with van der Waals surface area (Å²) in [6, 6.07) is 0. The van der Waals surface area contributed by atoms with E-state index in [1.165, 1.54) is 4.31 Å². The third kappa shape index (κ3) is 3.31. The van der Waals surface area contributed by atoms with Crippen LogP contribution in [0, 0.1) is 0 Å². The van der Waals surface area contributed by atoms with Gasteiger partial charge in [-0.2, -0.15) is 4.31 Å². The fraction of sp³-hybridized carbons (Fsp3) is 1.00. The average molecular weight is 256 g/mol. The monoisotopic (exact) mass is 255 g/mol. The molecule has 15 heavy (non-hydrogen) atoms. The minimum Gasteiger partial charge on any atom is -0.367 e. The molecule has 0 amide bonds. The van der Waals surface area contributed by atoms with Crippen LogP contribution in [0.3, 0.4) is 0 Å². The molecule has 0 radical (unpaired) electrons. The summed E-state index contributed by atoms with van der Waals surface area (Å²) in [6.07, 6.45) is 0. The molecule has 1 fully saturated rings. The molecule has 0 aromatic carbocycles. The van der Waals surface area contributed by atoms with Crippen molar-refractivity contribution in [3.63, 3.8) is 0 Å². The number of ether oxygens (including phenoxy) is 1. The summed E-state index contributed by atoms with van der Waals surface area (Å²) < 4.78 is 30.5. The van der Waals surface area contributed by atoms with Crippen LogP contribution in [-0.4, -0.2) is 42.2 Å². The molecule has 1 aliphatic rings. The predicted octanol–water partition coefficient (Wildman–Crippen LogP) is 1.40. The van der Waals surface area contributed by atoms with E-state index in [2.05, 4.69) is 0 Å². The number of alkyl halides is 1. The van der Waals surface area contributed by atoms with Crippen LogP contribution in [0.5, 0.6) is 0 Å². The van der Waals surface area contributed by atoms with E-state index < -0.39 is 21.2 Å². The van der Waals surface area contributed by atoms with Gasteiger partial charge in [-0.3, -0.25) is 0 Å². The number of nitrogens with zero attached hydrogens (tertiary/aromatic N) is 1. The topological polar surface area (TPSA) is 46.6 Å². The maximum Gasteiger partial charge on any atom is 0.228 e. The fourth-order valence-corrected chi connectivity index (χ4v) is 3.55. The zero-order valence-electron chi connectivity index (χ0n) is 9.58. The molecule has 1 aliphatic heterocycles. The van der Waals surface area contributed by atoms with Gasteiger partial charge in [0.25, 0.3) is 0 Å². The van der Waals surface area contributed by atoms with Crippen molar-refractivity contribution in [3.05, 3.63) is 0 Å². The second-order valence-corrected chi connectivity index (χ2v) is 7.66. The van der Waals surface area contributed by atoms with E-state index in [4.69, 9.17) is 16.3 Å². The van der Waals surface area contributed by atoms with E-state index in [1.807, 2.05) is 27.7 Å². The number of sulfonamides is 1.